The van der Waals surface area contributed by atoms with E-state index in [4.69, 9.17) is 5.73 Å². The highest BCUT2D eigenvalue weighted by Crippen LogP contribution is 2.37. The van der Waals surface area contributed by atoms with E-state index in [1.54, 1.807) is 0 Å². The van der Waals surface area contributed by atoms with E-state index in [0.29, 0.717) is 28.6 Å². The second kappa shape index (κ2) is 6.04. The average Bonchev–Trinajstić information content (AvgIpc) is 2.73. The smallest absolute Gasteiger partial charge is 0.263 e. The molecule has 0 atom stereocenters. The molecular weight excluding hydrogens is 270 g/mol. The first-order valence-electron chi connectivity index (χ1n) is 7.35. The minimum absolute atomic E-state index is 0.0761. The highest BCUT2D eigenvalue weighted by Gasteiger charge is 2.27. The lowest BCUT2D eigenvalue weighted by Gasteiger charge is -2.34. The van der Waals surface area contributed by atoms with Crippen molar-refractivity contribution < 1.29 is 4.79 Å². The van der Waals surface area contributed by atoms with Gasteiger partial charge < -0.3 is 16.4 Å². The Bertz CT molecular complexity index is 471. The highest BCUT2D eigenvalue weighted by atomic mass is 32.1. The van der Waals surface area contributed by atoms with Crippen molar-refractivity contribution in [2.75, 3.05) is 17.6 Å². The van der Waals surface area contributed by atoms with Crippen molar-refractivity contribution in [3.05, 3.63) is 10.9 Å². The standard InChI is InChI=1S/C15H25N3OS/c1-4-17-14(19)13-11(16)9-12(20-13)18-10-5-7-15(2,3)8-6-10/h9-10,18H,4-8,16H2,1-3H3,(H,17,19). The van der Waals surface area contributed by atoms with E-state index in [-0.39, 0.29) is 5.91 Å². The summed E-state index contributed by atoms with van der Waals surface area (Å²) in [7, 11) is 0. The highest BCUT2D eigenvalue weighted by molar-refractivity contribution is 7.18. The fraction of sp³-hybridized carbons (Fsp3) is 0.667. The Morgan fingerprint density at radius 1 is 1.45 bits per heavy atom. The molecule has 5 heteroatoms. The minimum atomic E-state index is -0.0761. The molecular formula is C15H25N3OS. The topological polar surface area (TPSA) is 67.2 Å². The van der Waals surface area contributed by atoms with Gasteiger partial charge in [0, 0.05) is 12.6 Å². The molecule has 0 radical (unpaired) electrons. The van der Waals surface area contributed by atoms with Crippen LogP contribution in [0.15, 0.2) is 6.07 Å². The third-order valence-electron chi connectivity index (χ3n) is 3.99. The predicted octanol–water partition coefficient (Wildman–Crippen LogP) is 3.46. The van der Waals surface area contributed by atoms with Crippen LogP contribution in [0.1, 0.15) is 56.1 Å². The van der Waals surface area contributed by atoms with Gasteiger partial charge in [0.1, 0.15) is 4.88 Å². The summed E-state index contributed by atoms with van der Waals surface area (Å²) in [4.78, 5) is 12.5. The fourth-order valence-electron chi connectivity index (χ4n) is 2.64. The molecule has 0 aliphatic heterocycles. The molecule has 1 aromatic rings. The van der Waals surface area contributed by atoms with Crippen molar-refractivity contribution in [2.45, 2.75) is 52.5 Å². The summed E-state index contributed by atoms with van der Waals surface area (Å²) in [6.07, 6.45) is 4.85. The molecule has 1 fully saturated rings. The van der Waals surface area contributed by atoms with Crippen molar-refractivity contribution in [1.29, 1.82) is 0 Å². The van der Waals surface area contributed by atoms with Crippen LogP contribution in [0.5, 0.6) is 0 Å². The Balaban J connectivity index is 1.97. The van der Waals surface area contributed by atoms with Crippen molar-refractivity contribution >= 4 is 27.9 Å². The molecule has 1 aromatic heterocycles. The molecule has 0 bridgehead atoms. The number of thiophene rings is 1. The maximum absolute atomic E-state index is 11.8. The van der Waals surface area contributed by atoms with Crippen molar-refractivity contribution in [1.82, 2.24) is 5.32 Å². The monoisotopic (exact) mass is 295 g/mol. The van der Waals surface area contributed by atoms with Gasteiger partial charge in [0.15, 0.2) is 0 Å². The molecule has 112 valence electrons. The van der Waals surface area contributed by atoms with Crippen LogP contribution in [0, 0.1) is 5.41 Å². The molecule has 0 aromatic carbocycles. The van der Waals surface area contributed by atoms with Crippen LogP contribution in [-0.4, -0.2) is 18.5 Å². The first-order valence-corrected chi connectivity index (χ1v) is 8.17. The molecule has 1 heterocycles. The van der Waals surface area contributed by atoms with Crippen LogP contribution < -0.4 is 16.4 Å². The van der Waals surface area contributed by atoms with Crippen LogP contribution in [0.25, 0.3) is 0 Å². The number of carbonyl (C=O) groups excluding carboxylic acids is 1. The summed E-state index contributed by atoms with van der Waals surface area (Å²) in [6, 6.07) is 2.39. The van der Waals surface area contributed by atoms with Crippen LogP contribution in [0.3, 0.4) is 0 Å². The Hall–Kier alpha value is -1.23. The quantitative estimate of drug-likeness (QED) is 0.797. The number of nitrogens with one attached hydrogen (secondary N) is 2. The lowest BCUT2D eigenvalue weighted by Crippen LogP contribution is -2.29. The van der Waals surface area contributed by atoms with Gasteiger partial charge in [0.25, 0.3) is 5.91 Å². The number of nitrogen functional groups attached to an aromatic ring is 1. The summed E-state index contributed by atoms with van der Waals surface area (Å²) in [5.74, 6) is -0.0761. The van der Waals surface area contributed by atoms with E-state index in [2.05, 4.69) is 24.5 Å². The van der Waals surface area contributed by atoms with E-state index in [0.717, 1.165) is 5.00 Å². The second-order valence-corrected chi connectivity index (χ2v) is 7.39. The van der Waals surface area contributed by atoms with Crippen LogP contribution in [0.4, 0.5) is 10.7 Å². The van der Waals surface area contributed by atoms with Gasteiger partial charge in [-0.05, 0) is 44.1 Å². The first kappa shape index (κ1) is 15.2. The Labute approximate surface area is 125 Å². The van der Waals surface area contributed by atoms with Crippen molar-refractivity contribution in [3.63, 3.8) is 0 Å². The lowest BCUT2D eigenvalue weighted by molar-refractivity contribution is 0.0960. The predicted molar refractivity (Wildman–Crippen MR) is 86.4 cm³/mol. The number of carbonyl (C=O) groups is 1. The van der Waals surface area contributed by atoms with Gasteiger partial charge in [-0.3, -0.25) is 4.79 Å². The Morgan fingerprint density at radius 2 is 2.10 bits per heavy atom. The van der Waals surface area contributed by atoms with Crippen molar-refractivity contribution in [2.24, 2.45) is 5.41 Å². The summed E-state index contributed by atoms with van der Waals surface area (Å²) >= 11 is 1.45. The van der Waals surface area contributed by atoms with Gasteiger partial charge in [-0.25, -0.2) is 0 Å². The molecule has 20 heavy (non-hydrogen) atoms. The van der Waals surface area contributed by atoms with E-state index in [1.165, 1.54) is 37.0 Å². The van der Waals surface area contributed by atoms with Gasteiger partial charge in [-0.15, -0.1) is 11.3 Å². The van der Waals surface area contributed by atoms with Gasteiger partial charge in [-0.2, -0.15) is 0 Å². The van der Waals surface area contributed by atoms with E-state index in [1.807, 2.05) is 13.0 Å². The molecule has 4 nitrogen and oxygen atoms in total. The summed E-state index contributed by atoms with van der Waals surface area (Å²) in [6.45, 7) is 7.19. The SMILES string of the molecule is CCNC(=O)c1sc(NC2CCC(C)(C)CC2)cc1N. The Morgan fingerprint density at radius 3 is 2.70 bits per heavy atom. The van der Waals surface area contributed by atoms with Gasteiger partial charge in [0.2, 0.25) is 0 Å². The average molecular weight is 295 g/mol. The number of rotatable bonds is 4. The number of hydrogen-bond donors (Lipinski definition) is 3. The largest absolute Gasteiger partial charge is 0.397 e. The summed E-state index contributed by atoms with van der Waals surface area (Å²) in [5, 5.41) is 7.34. The van der Waals surface area contributed by atoms with Gasteiger partial charge in [0.05, 0.1) is 10.7 Å². The lowest BCUT2D eigenvalue weighted by atomic mass is 9.76. The first-order chi connectivity index (χ1) is 9.41. The van der Waals surface area contributed by atoms with Gasteiger partial charge >= 0.3 is 0 Å². The van der Waals surface area contributed by atoms with Crippen molar-refractivity contribution in [3.8, 4) is 0 Å². The maximum Gasteiger partial charge on any atom is 0.263 e. The van der Waals surface area contributed by atoms with Crippen LogP contribution in [0.2, 0.25) is 0 Å². The molecule has 1 aliphatic rings. The molecule has 1 aliphatic carbocycles. The molecule has 2 rings (SSSR count). The van der Waals surface area contributed by atoms with Crippen LogP contribution in [-0.2, 0) is 0 Å². The van der Waals surface area contributed by atoms with E-state index in [9.17, 15) is 4.79 Å². The minimum Gasteiger partial charge on any atom is -0.397 e. The third kappa shape index (κ3) is 3.66. The Kier molecular flexibility index (Phi) is 4.58. The molecule has 0 unspecified atom stereocenters. The van der Waals surface area contributed by atoms with Gasteiger partial charge in [-0.1, -0.05) is 13.8 Å². The molecule has 4 N–H and O–H groups in total. The van der Waals surface area contributed by atoms with Crippen LogP contribution >= 0.6 is 11.3 Å². The maximum atomic E-state index is 11.8. The van der Waals surface area contributed by atoms with E-state index >= 15 is 0 Å². The molecule has 0 saturated heterocycles. The number of amides is 1. The zero-order valence-corrected chi connectivity index (χ0v) is 13.4. The normalized spacial score (nSPS) is 18.8. The fourth-order valence-corrected chi connectivity index (χ4v) is 3.61. The third-order valence-corrected chi connectivity index (χ3v) is 5.07. The zero-order valence-electron chi connectivity index (χ0n) is 12.6. The summed E-state index contributed by atoms with van der Waals surface area (Å²) in [5.41, 5.74) is 6.97. The number of hydrogen-bond acceptors (Lipinski definition) is 4. The molecule has 0 spiro atoms. The van der Waals surface area contributed by atoms with E-state index < -0.39 is 0 Å². The number of anilines is 2. The second-order valence-electron chi connectivity index (χ2n) is 6.34. The molecule has 1 amide bonds. The zero-order chi connectivity index (χ0) is 14.8. The number of nitrogens with two attached hydrogens (primary N) is 1. The summed E-state index contributed by atoms with van der Waals surface area (Å²) < 4.78 is 0. The molecule has 1 saturated carbocycles.